The maximum atomic E-state index is 13.3. The van der Waals surface area contributed by atoms with Crippen LogP contribution in [-0.2, 0) is 5.54 Å². The van der Waals surface area contributed by atoms with E-state index < -0.39 is 23.5 Å². The van der Waals surface area contributed by atoms with Gasteiger partial charge in [0.1, 0.15) is 5.69 Å². The number of amidine groups is 1. The highest BCUT2D eigenvalue weighted by atomic mass is 19.4. The molecule has 1 aromatic carbocycles. The van der Waals surface area contributed by atoms with Gasteiger partial charge >= 0.3 is 6.18 Å². The summed E-state index contributed by atoms with van der Waals surface area (Å²) in [5, 5.41) is 2.66. The number of nitrogens with two attached hydrogens (primary N) is 1. The van der Waals surface area contributed by atoms with Crippen LogP contribution in [0.3, 0.4) is 0 Å². The number of carbonyl (C=O) groups is 1. The van der Waals surface area contributed by atoms with Gasteiger partial charge in [-0.25, -0.2) is 9.97 Å². The quantitative estimate of drug-likeness (QED) is 0.810. The van der Waals surface area contributed by atoms with E-state index in [9.17, 15) is 18.0 Å². The summed E-state index contributed by atoms with van der Waals surface area (Å²) in [5.41, 5.74) is 5.55. The van der Waals surface area contributed by atoms with Crippen molar-refractivity contribution in [3.05, 3.63) is 47.9 Å². The van der Waals surface area contributed by atoms with Crippen molar-refractivity contribution >= 4 is 17.4 Å². The van der Waals surface area contributed by atoms with Crippen LogP contribution in [0.25, 0.3) is 0 Å². The van der Waals surface area contributed by atoms with Crippen molar-refractivity contribution in [2.45, 2.75) is 31.5 Å². The fraction of sp³-hybridized carbons (Fsp3) is 0.368. The first-order chi connectivity index (χ1) is 13.6. The van der Waals surface area contributed by atoms with E-state index in [1.807, 2.05) is 0 Å². The number of aliphatic imine (C=N–C) groups is 1. The van der Waals surface area contributed by atoms with Crippen molar-refractivity contribution < 1.29 is 22.7 Å². The smallest absolute Gasteiger partial charge is 0.392 e. The summed E-state index contributed by atoms with van der Waals surface area (Å²) in [6.45, 7) is 1.60. The molecule has 0 bridgehead atoms. The highest BCUT2D eigenvalue weighted by Gasteiger charge is 2.47. The van der Waals surface area contributed by atoms with Gasteiger partial charge in [-0.05, 0) is 31.0 Å². The Kier molecular flexibility index (Phi) is 5.45. The van der Waals surface area contributed by atoms with Gasteiger partial charge < -0.3 is 15.8 Å². The zero-order valence-corrected chi connectivity index (χ0v) is 15.8. The van der Waals surface area contributed by atoms with Gasteiger partial charge in [0, 0.05) is 12.1 Å². The first kappa shape index (κ1) is 20.6. The first-order valence-corrected chi connectivity index (χ1v) is 8.79. The van der Waals surface area contributed by atoms with E-state index in [2.05, 4.69) is 20.3 Å². The molecular weight excluding hydrogens is 387 g/mol. The minimum absolute atomic E-state index is 0.0379. The molecule has 1 aliphatic heterocycles. The summed E-state index contributed by atoms with van der Waals surface area (Å²) in [7, 11) is 1.43. The third-order valence-corrected chi connectivity index (χ3v) is 4.76. The number of hydrogen-bond donors (Lipinski definition) is 2. The zero-order valence-electron chi connectivity index (χ0n) is 15.8. The van der Waals surface area contributed by atoms with Gasteiger partial charge in [-0.1, -0.05) is 12.1 Å². The predicted molar refractivity (Wildman–Crippen MR) is 101 cm³/mol. The van der Waals surface area contributed by atoms with E-state index in [0.717, 1.165) is 0 Å². The number of rotatable bonds is 4. The van der Waals surface area contributed by atoms with E-state index in [4.69, 9.17) is 10.5 Å². The highest BCUT2D eigenvalue weighted by Crippen LogP contribution is 2.44. The van der Waals surface area contributed by atoms with Crippen LogP contribution in [-0.4, -0.2) is 35.0 Å². The predicted octanol–water partition coefficient (Wildman–Crippen LogP) is 3.28. The van der Waals surface area contributed by atoms with E-state index in [1.165, 1.54) is 19.5 Å². The molecule has 0 spiro atoms. The van der Waals surface area contributed by atoms with Crippen molar-refractivity contribution in [2.24, 2.45) is 16.6 Å². The van der Waals surface area contributed by atoms with E-state index >= 15 is 0 Å². The van der Waals surface area contributed by atoms with Crippen molar-refractivity contribution in [3.63, 3.8) is 0 Å². The number of aromatic nitrogens is 2. The average molecular weight is 407 g/mol. The molecule has 154 valence electrons. The van der Waals surface area contributed by atoms with Crippen LogP contribution in [0.15, 0.2) is 41.7 Å². The van der Waals surface area contributed by atoms with Crippen LogP contribution in [0.4, 0.5) is 18.9 Å². The topological polar surface area (TPSA) is 102 Å². The van der Waals surface area contributed by atoms with Gasteiger partial charge in [-0.2, -0.15) is 13.2 Å². The van der Waals surface area contributed by atoms with Crippen molar-refractivity contribution in [2.75, 3.05) is 12.4 Å². The summed E-state index contributed by atoms with van der Waals surface area (Å²) in [6, 6.07) is 6.51. The molecule has 0 aliphatic carbocycles. The molecule has 2 aromatic rings. The zero-order chi connectivity index (χ0) is 21.2. The molecule has 0 saturated carbocycles. The lowest BCUT2D eigenvalue weighted by Gasteiger charge is -2.36. The van der Waals surface area contributed by atoms with E-state index in [1.54, 1.807) is 31.2 Å². The first-order valence-electron chi connectivity index (χ1n) is 8.79. The maximum Gasteiger partial charge on any atom is 0.392 e. The molecule has 10 heteroatoms. The Morgan fingerprint density at radius 1 is 1.31 bits per heavy atom. The normalized spacial score (nSPS) is 22.0. The molecule has 1 unspecified atom stereocenters. The Morgan fingerprint density at radius 2 is 2.07 bits per heavy atom. The van der Waals surface area contributed by atoms with Crippen LogP contribution in [0.2, 0.25) is 0 Å². The fourth-order valence-corrected chi connectivity index (χ4v) is 3.29. The number of hydrogen-bond acceptors (Lipinski definition) is 6. The molecule has 1 aromatic heterocycles. The Morgan fingerprint density at radius 3 is 2.69 bits per heavy atom. The maximum absolute atomic E-state index is 13.3. The molecule has 0 radical (unpaired) electrons. The molecule has 0 fully saturated rings. The number of halogens is 3. The van der Waals surface area contributed by atoms with Crippen LogP contribution < -0.4 is 15.8 Å². The molecule has 2 atom stereocenters. The van der Waals surface area contributed by atoms with E-state index in [-0.39, 0.29) is 30.3 Å². The number of anilines is 1. The summed E-state index contributed by atoms with van der Waals surface area (Å²) in [6.07, 6.45) is -2.33. The SMILES string of the molecule is COc1cnc(C(=O)Nc2cccc([C@]3(C)CC(C(F)(F)F)CC(N)=N3)c2)cn1. The minimum atomic E-state index is -4.36. The average Bonchev–Trinajstić information content (AvgIpc) is 2.67. The molecule has 3 rings (SSSR count). The van der Waals surface area contributed by atoms with Gasteiger partial charge in [0.2, 0.25) is 5.88 Å². The van der Waals surface area contributed by atoms with Crippen molar-refractivity contribution in [1.29, 1.82) is 0 Å². The molecule has 0 saturated heterocycles. The number of amides is 1. The lowest BCUT2D eigenvalue weighted by atomic mass is 9.79. The minimum Gasteiger partial charge on any atom is -0.480 e. The van der Waals surface area contributed by atoms with Crippen molar-refractivity contribution in [1.82, 2.24) is 9.97 Å². The Bertz CT molecular complexity index is 930. The molecule has 7 nitrogen and oxygen atoms in total. The van der Waals surface area contributed by atoms with Gasteiger partial charge in [-0.3, -0.25) is 9.79 Å². The Balaban J connectivity index is 1.83. The van der Waals surface area contributed by atoms with Gasteiger partial charge in [0.05, 0.1) is 36.8 Å². The number of carbonyl (C=O) groups excluding carboxylic acids is 1. The van der Waals surface area contributed by atoms with Gasteiger partial charge in [0.25, 0.3) is 5.91 Å². The second kappa shape index (κ2) is 7.69. The Hall–Kier alpha value is -3.17. The third kappa shape index (κ3) is 4.64. The number of nitrogens with one attached hydrogen (secondary N) is 1. The molecular formula is C19H20F3N5O2. The van der Waals surface area contributed by atoms with Gasteiger partial charge in [0.15, 0.2) is 0 Å². The lowest BCUT2D eigenvalue weighted by molar-refractivity contribution is -0.179. The molecule has 3 N–H and O–H groups in total. The van der Waals surface area contributed by atoms with Crippen LogP contribution in [0.5, 0.6) is 5.88 Å². The van der Waals surface area contributed by atoms with Crippen molar-refractivity contribution in [3.8, 4) is 5.88 Å². The van der Waals surface area contributed by atoms with Crippen LogP contribution >= 0.6 is 0 Å². The largest absolute Gasteiger partial charge is 0.480 e. The number of nitrogens with zero attached hydrogens (tertiary/aromatic N) is 3. The molecule has 1 amide bonds. The molecule has 1 aliphatic rings. The summed E-state index contributed by atoms with van der Waals surface area (Å²) in [4.78, 5) is 24.5. The summed E-state index contributed by atoms with van der Waals surface area (Å²) < 4.78 is 44.7. The lowest BCUT2D eigenvalue weighted by Crippen LogP contribution is -2.40. The second-order valence-electron chi connectivity index (χ2n) is 7.00. The van der Waals surface area contributed by atoms with Crippen LogP contribution in [0.1, 0.15) is 35.8 Å². The summed E-state index contributed by atoms with van der Waals surface area (Å²) >= 11 is 0. The number of ether oxygens (including phenoxy) is 1. The summed E-state index contributed by atoms with van der Waals surface area (Å²) in [5.74, 6) is -1.85. The monoisotopic (exact) mass is 407 g/mol. The highest BCUT2D eigenvalue weighted by molar-refractivity contribution is 6.02. The third-order valence-electron chi connectivity index (χ3n) is 4.76. The standard InChI is InChI=1S/C19H20F3N5O2/c1-18(8-12(19(20,21)22)7-15(23)27-18)11-4-3-5-13(6-11)26-17(28)14-9-25-16(29-2)10-24-14/h3-6,9-10,12H,7-8H2,1-2H3,(H2,23,27)(H,26,28)/t12?,18-/m0/s1. The number of benzene rings is 1. The molecule has 29 heavy (non-hydrogen) atoms. The van der Waals surface area contributed by atoms with E-state index in [0.29, 0.717) is 11.3 Å². The number of methoxy groups -OCH3 is 1. The molecule has 2 heterocycles. The van der Waals surface area contributed by atoms with Crippen LogP contribution in [0, 0.1) is 5.92 Å². The Labute approximate surface area is 165 Å². The second-order valence-corrected chi connectivity index (χ2v) is 7.00. The fourth-order valence-electron chi connectivity index (χ4n) is 3.29. The van der Waals surface area contributed by atoms with Gasteiger partial charge in [-0.15, -0.1) is 0 Å². The number of alkyl halides is 3.